The molecular weight excluding hydrogens is 422 g/mol. The average molecular weight is 434 g/mol. The second-order valence-electron chi connectivity index (χ2n) is 4.90. The predicted octanol–water partition coefficient (Wildman–Crippen LogP) is 4.19. The number of aliphatic imine (C=N–C) groups is 1. The Morgan fingerprint density at radius 1 is 1.24 bits per heavy atom. The van der Waals surface area contributed by atoms with Crippen LogP contribution in [0.15, 0.2) is 63.0 Å². The first kappa shape index (κ1) is 17.9. The molecule has 8 heteroatoms. The summed E-state index contributed by atoms with van der Waals surface area (Å²) in [6.07, 6.45) is 3.41. The molecule has 126 valence electrons. The summed E-state index contributed by atoms with van der Waals surface area (Å²) in [6, 6.07) is 13.1. The molecule has 3 rings (SSSR count). The van der Waals surface area contributed by atoms with Gasteiger partial charge in [0, 0.05) is 10.7 Å². The molecule has 2 amide bonds. The van der Waals surface area contributed by atoms with Gasteiger partial charge in [-0.1, -0.05) is 53.9 Å². The van der Waals surface area contributed by atoms with Crippen molar-refractivity contribution in [3.63, 3.8) is 0 Å². The number of thioether (sulfide) groups is 2. The third-order valence-corrected chi connectivity index (χ3v) is 5.62. The lowest BCUT2D eigenvalue weighted by Crippen LogP contribution is -2.15. The van der Waals surface area contributed by atoms with Gasteiger partial charge in [-0.25, -0.2) is 4.98 Å². The molecule has 0 aliphatic carbocycles. The molecule has 0 bridgehead atoms. The van der Waals surface area contributed by atoms with Gasteiger partial charge < -0.3 is 5.32 Å². The summed E-state index contributed by atoms with van der Waals surface area (Å²) in [5.41, 5.74) is 0.943. The lowest BCUT2D eigenvalue weighted by molar-refractivity contribution is -0.114. The molecule has 1 aliphatic rings. The van der Waals surface area contributed by atoms with Crippen molar-refractivity contribution < 1.29 is 9.59 Å². The van der Waals surface area contributed by atoms with Crippen molar-refractivity contribution in [2.24, 2.45) is 4.99 Å². The molecule has 1 aromatic carbocycles. The number of carbonyl (C=O) groups excluding carboxylic acids is 2. The van der Waals surface area contributed by atoms with Gasteiger partial charge in [-0.05, 0) is 39.7 Å². The Balaban J connectivity index is 1.53. The molecule has 0 unspecified atom stereocenters. The summed E-state index contributed by atoms with van der Waals surface area (Å²) in [6.45, 7) is 0. The number of hydrogen-bond donors (Lipinski definition) is 1. The van der Waals surface area contributed by atoms with Crippen LogP contribution in [0.4, 0.5) is 5.82 Å². The number of carbonyl (C=O) groups is 2. The standard InChI is InChI=1S/C17H12BrN3O2S2/c18-12-6-7-14(19-9-12)20-15(22)10-24-17-21-16(23)13(25-17)8-11-4-2-1-3-5-11/h1-9H,10H2,(H,19,20,22). The first-order valence-corrected chi connectivity index (χ1v) is 9.81. The fourth-order valence-corrected chi connectivity index (χ4v) is 3.94. The van der Waals surface area contributed by atoms with Crippen molar-refractivity contribution in [1.82, 2.24) is 4.98 Å². The molecule has 0 fully saturated rings. The van der Waals surface area contributed by atoms with Crippen molar-refractivity contribution in [2.45, 2.75) is 0 Å². The van der Waals surface area contributed by atoms with Gasteiger partial charge in [-0.15, -0.1) is 0 Å². The van der Waals surface area contributed by atoms with Gasteiger partial charge in [-0.3, -0.25) is 9.59 Å². The zero-order valence-corrected chi connectivity index (χ0v) is 16.0. The van der Waals surface area contributed by atoms with Gasteiger partial charge in [0.25, 0.3) is 5.91 Å². The lowest BCUT2D eigenvalue weighted by atomic mass is 10.2. The van der Waals surface area contributed by atoms with Crippen LogP contribution in [-0.2, 0) is 9.59 Å². The summed E-state index contributed by atoms with van der Waals surface area (Å²) in [7, 11) is 0. The van der Waals surface area contributed by atoms with Gasteiger partial charge in [0.1, 0.15) is 10.2 Å². The topological polar surface area (TPSA) is 71.4 Å². The van der Waals surface area contributed by atoms with E-state index in [1.54, 1.807) is 24.4 Å². The Morgan fingerprint density at radius 2 is 2.04 bits per heavy atom. The molecule has 0 radical (unpaired) electrons. The SMILES string of the molecule is O=C(CSC1=NC(=O)C(=Cc2ccccc2)S1)Nc1ccc(Br)cn1. The highest BCUT2D eigenvalue weighted by atomic mass is 79.9. The number of nitrogens with one attached hydrogen (secondary N) is 1. The zero-order chi connectivity index (χ0) is 17.6. The normalized spacial score (nSPS) is 15.3. The number of hydrogen-bond acceptors (Lipinski definition) is 5. The molecule has 5 nitrogen and oxygen atoms in total. The first-order valence-electron chi connectivity index (χ1n) is 7.22. The van der Waals surface area contributed by atoms with Gasteiger partial charge in [0.15, 0.2) is 0 Å². The minimum absolute atomic E-state index is 0.162. The van der Waals surface area contributed by atoms with Gasteiger partial charge in [0.05, 0.1) is 10.7 Å². The van der Waals surface area contributed by atoms with Gasteiger partial charge in [-0.2, -0.15) is 4.99 Å². The molecule has 2 aromatic rings. The molecule has 25 heavy (non-hydrogen) atoms. The lowest BCUT2D eigenvalue weighted by Gasteiger charge is -2.03. The number of halogens is 1. The van der Waals surface area contributed by atoms with Crippen LogP contribution in [0.2, 0.25) is 0 Å². The molecule has 0 spiro atoms. The minimum atomic E-state index is -0.272. The predicted molar refractivity (Wildman–Crippen MR) is 107 cm³/mol. The molecule has 0 atom stereocenters. The fourth-order valence-electron chi connectivity index (χ4n) is 1.91. The number of rotatable bonds is 4. The van der Waals surface area contributed by atoms with Crippen molar-refractivity contribution in [2.75, 3.05) is 11.1 Å². The maximum Gasteiger partial charge on any atom is 0.285 e. The van der Waals surface area contributed by atoms with Crippen LogP contribution in [0, 0.1) is 0 Å². The number of pyridine rings is 1. The smallest absolute Gasteiger partial charge is 0.285 e. The Kier molecular flexibility index (Phi) is 6.06. The Hall–Kier alpha value is -1.90. The summed E-state index contributed by atoms with van der Waals surface area (Å²) in [4.78, 5) is 32.5. The number of amides is 2. The van der Waals surface area contributed by atoms with Crippen LogP contribution in [0.3, 0.4) is 0 Å². The number of aromatic nitrogens is 1. The third kappa shape index (κ3) is 5.29. The molecule has 1 aromatic heterocycles. The highest BCUT2D eigenvalue weighted by molar-refractivity contribution is 9.10. The van der Waals surface area contributed by atoms with Crippen molar-refractivity contribution in [3.8, 4) is 0 Å². The summed E-state index contributed by atoms with van der Waals surface area (Å²) >= 11 is 5.81. The molecule has 2 heterocycles. The van der Waals surface area contributed by atoms with E-state index in [1.807, 2.05) is 30.3 Å². The highest BCUT2D eigenvalue weighted by Crippen LogP contribution is 2.33. The van der Waals surface area contributed by atoms with E-state index in [2.05, 4.69) is 31.2 Å². The molecule has 1 N–H and O–H groups in total. The quantitative estimate of drug-likeness (QED) is 0.731. The first-order chi connectivity index (χ1) is 12.1. The van der Waals surface area contributed by atoms with Gasteiger partial charge in [0.2, 0.25) is 5.91 Å². The van der Waals surface area contributed by atoms with Crippen LogP contribution < -0.4 is 5.32 Å². The van der Waals surface area contributed by atoms with Crippen LogP contribution in [0.25, 0.3) is 6.08 Å². The fraction of sp³-hybridized carbons (Fsp3) is 0.0588. The van der Waals surface area contributed by atoms with E-state index in [0.29, 0.717) is 15.1 Å². The van der Waals surface area contributed by atoms with E-state index in [0.717, 1.165) is 10.0 Å². The van der Waals surface area contributed by atoms with E-state index >= 15 is 0 Å². The largest absolute Gasteiger partial charge is 0.310 e. The second-order valence-corrected chi connectivity index (χ2v) is 8.07. The van der Waals surface area contributed by atoms with E-state index < -0.39 is 0 Å². The minimum Gasteiger partial charge on any atom is -0.310 e. The van der Waals surface area contributed by atoms with Gasteiger partial charge >= 0.3 is 0 Å². The maximum atomic E-state index is 12.0. The van der Waals surface area contributed by atoms with E-state index in [-0.39, 0.29) is 17.6 Å². The molecular formula is C17H12BrN3O2S2. The summed E-state index contributed by atoms with van der Waals surface area (Å²) in [5.74, 6) is 0.174. The highest BCUT2D eigenvalue weighted by Gasteiger charge is 2.22. The summed E-state index contributed by atoms with van der Waals surface area (Å²) < 4.78 is 1.42. The van der Waals surface area contributed by atoms with Crippen molar-refractivity contribution in [3.05, 3.63) is 63.6 Å². The number of nitrogens with zero attached hydrogens (tertiary/aromatic N) is 2. The Bertz CT molecular complexity index is 852. The van der Waals surface area contributed by atoms with Crippen LogP contribution in [0.5, 0.6) is 0 Å². The molecule has 0 saturated carbocycles. The van der Waals surface area contributed by atoms with E-state index in [9.17, 15) is 9.59 Å². The van der Waals surface area contributed by atoms with Crippen molar-refractivity contribution >= 4 is 67.5 Å². The van der Waals surface area contributed by atoms with Crippen LogP contribution in [-0.4, -0.2) is 26.9 Å². The maximum absolute atomic E-state index is 12.0. The van der Waals surface area contributed by atoms with E-state index in [4.69, 9.17) is 0 Å². The molecule has 0 saturated heterocycles. The Morgan fingerprint density at radius 3 is 2.76 bits per heavy atom. The van der Waals surface area contributed by atoms with E-state index in [1.165, 1.54) is 23.5 Å². The number of benzene rings is 1. The van der Waals surface area contributed by atoms with Crippen molar-refractivity contribution in [1.29, 1.82) is 0 Å². The molecule has 1 aliphatic heterocycles. The number of anilines is 1. The zero-order valence-electron chi connectivity index (χ0n) is 12.8. The van der Waals surface area contributed by atoms with Crippen LogP contribution in [0.1, 0.15) is 5.56 Å². The van der Waals surface area contributed by atoms with Crippen LogP contribution >= 0.6 is 39.5 Å². The summed E-state index contributed by atoms with van der Waals surface area (Å²) in [5, 5.41) is 2.70. The monoisotopic (exact) mass is 433 g/mol. The Labute approximate surface area is 161 Å². The average Bonchev–Trinajstić information content (AvgIpc) is 2.96. The third-order valence-electron chi connectivity index (χ3n) is 3.02. The second kappa shape index (κ2) is 8.46.